The predicted octanol–water partition coefficient (Wildman–Crippen LogP) is 0.585. The molecule has 1 atom stereocenters. The van der Waals surface area contributed by atoms with Crippen LogP contribution in [0, 0.1) is 11.8 Å². The lowest BCUT2D eigenvalue weighted by atomic mass is 10.1. The minimum absolute atomic E-state index is 0.0344. The van der Waals surface area contributed by atoms with Crippen molar-refractivity contribution in [2.24, 2.45) is 11.8 Å². The Kier molecular flexibility index (Phi) is 3.57. The first-order valence-electron chi connectivity index (χ1n) is 7.51. The largest absolute Gasteiger partial charge is 0.351 e. The van der Waals surface area contributed by atoms with E-state index in [0.717, 1.165) is 38.0 Å². The molecule has 0 spiro atoms. The summed E-state index contributed by atoms with van der Waals surface area (Å²) in [6.07, 6.45) is 5.29. The zero-order valence-corrected chi connectivity index (χ0v) is 11.3. The average Bonchev–Trinajstić information content (AvgIpc) is 3.29. The quantitative estimate of drug-likeness (QED) is 0.751. The van der Waals surface area contributed by atoms with Gasteiger partial charge in [-0.05, 0) is 44.4 Å². The molecule has 3 rings (SSSR count). The van der Waals surface area contributed by atoms with E-state index in [1.54, 1.807) is 0 Å². The summed E-state index contributed by atoms with van der Waals surface area (Å²) >= 11 is 0. The van der Waals surface area contributed by atoms with Crippen LogP contribution in [0.3, 0.4) is 0 Å². The Morgan fingerprint density at radius 2 is 1.72 bits per heavy atom. The van der Waals surface area contributed by atoms with Gasteiger partial charge < -0.3 is 10.6 Å². The number of piperazine rings is 1. The average molecular weight is 251 g/mol. The molecule has 2 aliphatic carbocycles. The molecule has 1 amide bonds. The molecule has 4 nitrogen and oxygen atoms in total. The molecule has 3 fully saturated rings. The highest BCUT2D eigenvalue weighted by atomic mass is 16.2. The van der Waals surface area contributed by atoms with Crippen molar-refractivity contribution in [1.29, 1.82) is 0 Å². The predicted molar refractivity (Wildman–Crippen MR) is 71.3 cm³/mol. The SMILES string of the molecule is CC(C(=O)NC(C1CC1)C1CC1)N1CCNCC1. The number of nitrogens with one attached hydrogen (secondary N) is 2. The molecular weight excluding hydrogens is 226 g/mol. The molecule has 1 heterocycles. The molecule has 0 radical (unpaired) electrons. The molecule has 0 aromatic rings. The van der Waals surface area contributed by atoms with Crippen molar-refractivity contribution in [3.05, 3.63) is 0 Å². The Hall–Kier alpha value is -0.610. The van der Waals surface area contributed by atoms with Gasteiger partial charge in [0.25, 0.3) is 0 Å². The van der Waals surface area contributed by atoms with E-state index >= 15 is 0 Å². The summed E-state index contributed by atoms with van der Waals surface area (Å²) in [5.41, 5.74) is 0. The van der Waals surface area contributed by atoms with Crippen LogP contribution in [-0.4, -0.2) is 49.1 Å². The highest BCUT2D eigenvalue weighted by Crippen LogP contribution is 2.44. The van der Waals surface area contributed by atoms with Crippen LogP contribution in [-0.2, 0) is 4.79 Å². The van der Waals surface area contributed by atoms with Gasteiger partial charge in [0.15, 0.2) is 0 Å². The van der Waals surface area contributed by atoms with E-state index in [-0.39, 0.29) is 11.9 Å². The van der Waals surface area contributed by atoms with Crippen LogP contribution in [0.1, 0.15) is 32.6 Å². The first-order chi connectivity index (χ1) is 8.75. The molecule has 1 aliphatic heterocycles. The fraction of sp³-hybridized carbons (Fsp3) is 0.929. The van der Waals surface area contributed by atoms with Gasteiger partial charge in [0, 0.05) is 32.2 Å². The molecule has 3 aliphatic rings. The van der Waals surface area contributed by atoms with Crippen molar-refractivity contribution in [2.75, 3.05) is 26.2 Å². The van der Waals surface area contributed by atoms with Crippen molar-refractivity contribution in [3.8, 4) is 0 Å². The van der Waals surface area contributed by atoms with Gasteiger partial charge in [-0.15, -0.1) is 0 Å². The number of carbonyl (C=O) groups excluding carboxylic acids is 1. The normalized spacial score (nSPS) is 27.2. The van der Waals surface area contributed by atoms with Gasteiger partial charge >= 0.3 is 0 Å². The lowest BCUT2D eigenvalue weighted by Crippen LogP contribution is -2.54. The van der Waals surface area contributed by atoms with Crippen molar-refractivity contribution >= 4 is 5.91 Å². The second kappa shape index (κ2) is 5.17. The minimum Gasteiger partial charge on any atom is -0.351 e. The number of nitrogens with zero attached hydrogens (tertiary/aromatic N) is 1. The maximum absolute atomic E-state index is 12.3. The summed E-state index contributed by atoms with van der Waals surface area (Å²) < 4.78 is 0. The third-order valence-electron chi connectivity index (χ3n) is 4.65. The van der Waals surface area contributed by atoms with Crippen molar-refractivity contribution < 1.29 is 4.79 Å². The Labute approximate surface area is 109 Å². The van der Waals surface area contributed by atoms with Crippen LogP contribution in [0.5, 0.6) is 0 Å². The monoisotopic (exact) mass is 251 g/mol. The van der Waals surface area contributed by atoms with Gasteiger partial charge in [-0.2, -0.15) is 0 Å². The number of rotatable bonds is 5. The molecule has 2 saturated carbocycles. The summed E-state index contributed by atoms with van der Waals surface area (Å²) in [5.74, 6) is 1.83. The second-order valence-electron chi connectivity index (χ2n) is 6.17. The van der Waals surface area contributed by atoms with Crippen LogP contribution in [0.2, 0.25) is 0 Å². The Balaban J connectivity index is 1.52. The standard InChI is InChI=1S/C14H25N3O/c1-10(17-8-6-15-7-9-17)14(18)16-13(11-2-3-11)12-4-5-12/h10-13,15H,2-9H2,1H3,(H,16,18). The maximum atomic E-state index is 12.3. The molecule has 2 N–H and O–H groups in total. The Morgan fingerprint density at radius 3 is 2.22 bits per heavy atom. The molecular formula is C14H25N3O. The number of hydrogen-bond donors (Lipinski definition) is 2. The van der Waals surface area contributed by atoms with Crippen molar-refractivity contribution in [3.63, 3.8) is 0 Å². The molecule has 1 unspecified atom stereocenters. The zero-order valence-electron chi connectivity index (χ0n) is 11.3. The number of amides is 1. The van der Waals surface area contributed by atoms with E-state index in [4.69, 9.17) is 0 Å². The van der Waals surface area contributed by atoms with Crippen LogP contribution >= 0.6 is 0 Å². The van der Waals surface area contributed by atoms with Crippen LogP contribution < -0.4 is 10.6 Å². The van der Waals surface area contributed by atoms with Gasteiger partial charge in [-0.1, -0.05) is 0 Å². The van der Waals surface area contributed by atoms with Gasteiger partial charge in [-0.25, -0.2) is 0 Å². The second-order valence-corrected chi connectivity index (χ2v) is 6.17. The van der Waals surface area contributed by atoms with Gasteiger partial charge in [0.05, 0.1) is 6.04 Å². The smallest absolute Gasteiger partial charge is 0.237 e. The lowest BCUT2D eigenvalue weighted by Gasteiger charge is -2.33. The highest BCUT2D eigenvalue weighted by molar-refractivity contribution is 5.81. The van der Waals surface area contributed by atoms with Crippen LogP contribution in [0.25, 0.3) is 0 Å². The first-order valence-corrected chi connectivity index (χ1v) is 7.51. The van der Waals surface area contributed by atoms with E-state index in [9.17, 15) is 4.79 Å². The molecule has 0 bridgehead atoms. The zero-order chi connectivity index (χ0) is 12.5. The molecule has 18 heavy (non-hydrogen) atoms. The van der Waals surface area contributed by atoms with E-state index in [0.29, 0.717) is 6.04 Å². The van der Waals surface area contributed by atoms with Crippen LogP contribution in [0.4, 0.5) is 0 Å². The van der Waals surface area contributed by atoms with Gasteiger partial charge in [-0.3, -0.25) is 9.69 Å². The van der Waals surface area contributed by atoms with Crippen LogP contribution in [0.15, 0.2) is 0 Å². The third kappa shape index (κ3) is 2.86. The maximum Gasteiger partial charge on any atom is 0.237 e. The Morgan fingerprint density at radius 1 is 1.17 bits per heavy atom. The first kappa shape index (κ1) is 12.4. The summed E-state index contributed by atoms with van der Waals surface area (Å²) in [4.78, 5) is 14.6. The van der Waals surface area contributed by atoms with E-state index in [2.05, 4.69) is 22.5 Å². The summed E-state index contributed by atoms with van der Waals surface area (Å²) in [6.45, 7) is 6.05. The highest BCUT2D eigenvalue weighted by Gasteiger charge is 2.42. The molecule has 1 saturated heterocycles. The number of carbonyl (C=O) groups is 1. The van der Waals surface area contributed by atoms with Gasteiger partial charge in [0.2, 0.25) is 5.91 Å². The van der Waals surface area contributed by atoms with Gasteiger partial charge in [0.1, 0.15) is 0 Å². The molecule has 102 valence electrons. The topological polar surface area (TPSA) is 44.4 Å². The summed E-state index contributed by atoms with van der Waals surface area (Å²) in [5, 5.41) is 6.67. The van der Waals surface area contributed by atoms with E-state index < -0.39 is 0 Å². The van der Waals surface area contributed by atoms with E-state index in [1.165, 1.54) is 25.7 Å². The van der Waals surface area contributed by atoms with E-state index in [1.807, 2.05) is 0 Å². The van der Waals surface area contributed by atoms with Crippen molar-refractivity contribution in [1.82, 2.24) is 15.5 Å². The third-order valence-corrected chi connectivity index (χ3v) is 4.65. The minimum atomic E-state index is 0.0344. The fourth-order valence-corrected chi connectivity index (χ4v) is 3.05. The molecule has 0 aromatic heterocycles. The molecule has 4 heteroatoms. The lowest BCUT2D eigenvalue weighted by molar-refractivity contribution is -0.127. The summed E-state index contributed by atoms with van der Waals surface area (Å²) in [7, 11) is 0. The van der Waals surface area contributed by atoms with Crippen molar-refractivity contribution in [2.45, 2.75) is 44.7 Å². The molecule has 0 aromatic carbocycles. The summed E-state index contributed by atoms with van der Waals surface area (Å²) in [6, 6.07) is 0.523. The Bertz CT molecular complexity index is 294. The number of hydrogen-bond acceptors (Lipinski definition) is 3. The fourth-order valence-electron chi connectivity index (χ4n) is 3.05.